The lowest BCUT2D eigenvalue weighted by Gasteiger charge is -2.32. The molecular formula is C21H25NO2S. The van der Waals surface area contributed by atoms with E-state index in [0.717, 1.165) is 43.0 Å². The molecule has 4 heteroatoms. The molecule has 2 aromatic rings. The molecule has 0 atom stereocenters. The fourth-order valence-corrected chi connectivity index (χ4v) is 4.04. The van der Waals surface area contributed by atoms with Crippen LogP contribution in [0, 0.1) is 5.92 Å². The van der Waals surface area contributed by atoms with Gasteiger partial charge < -0.3 is 9.64 Å². The minimum atomic E-state index is 0.249. The Morgan fingerprint density at radius 2 is 1.76 bits per heavy atom. The smallest absolute Gasteiger partial charge is 0.232 e. The molecule has 1 aliphatic rings. The van der Waals surface area contributed by atoms with Gasteiger partial charge in [-0.2, -0.15) is 0 Å². The molecule has 0 aromatic heterocycles. The van der Waals surface area contributed by atoms with Crippen LogP contribution in [0.25, 0.3) is 0 Å². The summed E-state index contributed by atoms with van der Waals surface area (Å²) in [6, 6.07) is 18.5. The summed E-state index contributed by atoms with van der Waals surface area (Å²) < 4.78 is 5.16. The maximum Gasteiger partial charge on any atom is 0.232 e. The van der Waals surface area contributed by atoms with E-state index in [9.17, 15) is 4.79 Å². The number of hydrogen-bond acceptors (Lipinski definition) is 3. The fourth-order valence-electron chi connectivity index (χ4n) is 3.24. The van der Waals surface area contributed by atoms with E-state index in [4.69, 9.17) is 4.74 Å². The van der Waals surface area contributed by atoms with Gasteiger partial charge in [-0.15, -0.1) is 11.8 Å². The highest BCUT2D eigenvalue weighted by Gasteiger charge is 2.22. The first-order valence-electron chi connectivity index (χ1n) is 8.83. The third kappa shape index (κ3) is 5.27. The van der Waals surface area contributed by atoms with Crippen LogP contribution < -0.4 is 4.74 Å². The van der Waals surface area contributed by atoms with Gasteiger partial charge in [0.15, 0.2) is 0 Å². The molecule has 0 spiro atoms. The van der Waals surface area contributed by atoms with E-state index in [1.54, 1.807) is 18.9 Å². The number of carbonyl (C=O) groups excluding carboxylic acids is 1. The number of piperidine rings is 1. The van der Waals surface area contributed by atoms with Crippen LogP contribution in [0.4, 0.5) is 0 Å². The Bertz CT molecular complexity index is 664. The Kier molecular flexibility index (Phi) is 6.40. The number of amides is 1. The molecule has 0 unspecified atom stereocenters. The molecule has 0 bridgehead atoms. The van der Waals surface area contributed by atoms with Gasteiger partial charge in [-0.3, -0.25) is 4.79 Å². The van der Waals surface area contributed by atoms with E-state index in [1.807, 2.05) is 29.2 Å². The number of hydrogen-bond donors (Lipinski definition) is 0. The van der Waals surface area contributed by atoms with Crippen LogP contribution in [-0.4, -0.2) is 36.8 Å². The quantitative estimate of drug-likeness (QED) is 0.725. The van der Waals surface area contributed by atoms with Crippen molar-refractivity contribution in [3.05, 3.63) is 60.2 Å². The predicted molar refractivity (Wildman–Crippen MR) is 103 cm³/mol. The lowest BCUT2D eigenvalue weighted by Crippen LogP contribution is -2.39. The van der Waals surface area contributed by atoms with Crippen molar-refractivity contribution in [2.24, 2.45) is 5.92 Å². The van der Waals surface area contributed by atoms with Crippen LogP contribution >= 0.6 is 11.8 Å². The van der Waals surface area contributed by atoms with Gasteiger partial charge in [-0.1, -0.05) is 30.3 Å². The highest BCUT2D eigenvalue weighted by Crippen LogP contribution is 2.24. The highest BCUT2D eigenvalue weighted by molar-refractivity contribution is 8.00. The summed E-state index contributed by atoms with van der Waals surface area (Å²) in [7, 11) is 1.66. The van der Waals surface area contributed by atoms with Crippen LogP contribution in [0.2, 0.25) is 0 Å². The third-order valence-corrected chi connectivity index (χ3v) is 5.75. The molecule has 0 radical (unpaired) electrons. The Morgan fingerprint density at radius 1 is 1.08 bits per heavy atom. The largest absolute Gasteiger partial charge is 0.497 e. The molecular weight excluding hydrogens is 330 g/mol. The summed E-state index contributed by atoms with van der Waals surface area (Å²) in [4.78, 5) is 15.6. The number of likely N-dealkylation sites (tertiary alicyclic amines) is 1. The Labute approximate surface area is 154 Å². The van der Waals surface area contributed by atoms with Crippen molar-refractivity contribution in [3.8, 4) is 5.75 Å². The normalized spacial score (nSPS) is 15.2. The number of carbonyl (C=O) groups is 1. The van der Waals surface area contributed by atoms with Crippen molar-refractivity contribution in [2.75, 3.05) is 26.0 Å². The molecule has 25 heavy (non-hydrogen) atoms. The van der Waals surface area contributed by atoms with Crippen molar-refractivity contribution in [1.82, 2.24) is 4.90 Å². The maximum absolute atomic E-state index is 12.4. The van der Waals surface area contributed by atoms with Gasteiger partial charge in [0.05, 0.1) is 12.9 Å². The number of benzene rings is 2. The number of methoxy groups -OCH3 is 1. The van der Waals surface area contributed by atoms with Gasteiger partial charge in [0, 0.05) is 18.0 Å². The van der Waals surface area contributed by atoms with E-state index in [-0.39, 0.29) is 5.91 Å². The first kappa shape index (κ1) is 17.9. The second kappa shape index (κ2) is 8.95. The predicted octanol–water partition coefficient (Wildman–Crippen LogP) is 4.27. The SMILES string of the molecule is COc1ccc(SCC(=O)N2CCC(Cc3ccccc3)CC2)cc1. The van der Waals surface area contributed by atoms with Gasteiger partial charge in [0.25, 0.3) is 0 Å². The number of ether oxygens (including phenoxy) is 1. The summed E-state index contributed by atoms with van der Waals surface area (Å²) in [6.07, 6.45) is 3.34. The summed E-state index contributed by atoms with van der Waals surface area (Å²) in [5, 5.41) is 0. The minimum absolute atomic E-state index is 0.249. The molecule has 0 saturated carbocycles. The fraction of sp³-hybridized carbons (Fsp3) is 0.381. The Balaban J connectivity index is 1.41. The second-order valence-electron chi connectivity index (χ2n) is 6.48. The highest BCUT2D eigenvalue weighted by atomic mass is 32.2. The zero-order valence-corrected chi connectivity index (χ0v) is 15.5. The van der Waals surface area contributed by atoms with E-state index in [1.165, 1.54) is 5.56 Å². The first-order chi connectivity index (χ1) is 12.2. The van der Waals surface area contributed by atoms with Crippen LogP contribution in [0.5, 0.6) is 5.75 Å². The van der Waals surface area contributed by atoms with Crippen molar-refractivity contribution in [2.45, 2.75) is 24.2 Å². The first-order valence-corrected chi connectivity index (χ1v) is 9.81. The zero-order valence-electron chi connectivity index (χ0n) is 14.7. The van der Waals surface area contributed by atoms with Crippen molar-refractivity contribution in [1.29, 1.82) is 0 Å². The Morgan fingerprint density at radius 3 is 2.40 bits per heavy atom. The summed E-state index contributed by atoms with van der Waals surface area (Å²) >= 11 is 1.60. The van der Waals surface area contributed by atoms with Gasteiger partial charge in [-0.05, 0) is 55.0 Å². The standard InChI is InChI=1S/C21H25NO2S/c1-24-19-7-9-20(10-8-19)25-16-21(23)22-13-11-18(12-14-22)15-17-5-3-2-4-6-17/h2-10,18H,11-16H2,1H3. The zero-order chi connectivity index (χ0) is 17.5. The summed E-state index contributed by atoms with van der Waals surface area (Å²) in [6.45, 7) is 1.78. The molecule has 0 N–H and O–H groups in total. The van der Waals surface area contributed by atoms with Gasteiger partial charge >= 0.3 is 0 Å². The molecule has 1 saturated heterocycles. The van der Waals surface area contributed by atoms with Gasteiger partial charge in [0.2, 0.25) is 5.91 Å². The van der Waals surface area contributed by atoms with E-state index in [0.29, 0.717) is 11.7 Å². The lowest BCUT2D eigenvalue weighted by molar-refractivity contribution is -0.129. The van der Waals surface area contributed by atoms with Gasteiger partial charge in [0.1, 0.15) is 5.75 Å². The van der Waals surface area contributed by atoms with Crippen molar-refractivity contribution in [3.63, 3.8) is 0 Å². The molecule has 3 nitrogen and oxygen atoms in total. The molecule has 1 amide bonds. The number of nitrogens with zero attached hydrogens (tertiary/aromatic N) is 1. The molecule has 1 fully saturated rings. The van der Waals surface area contributed by atoms with Crippen LogP contribution in [-0.2, 0) is 11.2 Å². The average molecular weight is 356 g/mol. The maximum atomic E-state index is 12.4. The average Bonchev–Trinajstić information content (AvgIpc) is 2.68. The second-order valence-corrected chi connectivity index (χ2v) is 7.53. The van der Waals surface area contributed by atoms with E-state index < -0.39 is 0 Å². The van der Waals surface area contributed by atoms with Crippen molar-refractivity contribution >= 4 is 17.7 Å². The van der Waals surface area contributed by atoms with E-state index >= 15 is 0 Å². The number of rotatable bonds is 6. The molecule has 0 aliphatic carbocycles. The van der Waals surface area contributed by atoms with E-state index in [2.05, 4.69) is 30.3 Å². The third-order valence-electron chi connectivity index (χ3n) is 4.76. The van der Waals surface area contributed by atoms with Crippen LogP contribution in [0.1, 0.15) is 18.4 Å². The minimum Gasteiger partial charge on any atom is -0.497 e. The summed E-state index contributed by atoms with van der Waals surface area (Å²) in [5.74, 6) is 2.30. The lowest BCUT2D eigenvalue weighted by atomic mass is 9.90. The molecule has 1 aliphatic heterocycles. The topological polar surface area (TPSA) is 29.5 Å². The van der Waals surface area contributed by atoms with Crippen LogP contribution in [0.3, 0.4) is 0 Å². The van der Waals surface area contributed by atoms with Gasteiger partial charge in [-0.25, -0.2) is 0 Å². The Hall–Kier alpha value is -1.94. The van der Waals surface area contributed by atoms with Crippen LogP contribution in [0.15, 0.2) is 59.5 Å². The monoisotopic (exact) mass is 355 g/mol. The molecule has 132 valence electrons. The molecule has 3 rings (SSSR count). The molecule has 2 aromatic carbocycles. The molecule has 1 heterocycles. The summed E-state index contributed by atoms with van der Waals surface area (Å²) in [5.41, 5.74) is 1.40. The number of thioether (sulfide) groups is 1. The van der Waals surface area contributed by atoms with Crippen molar-refractivity contribution < 1.29 is 9.53 Å².